The zero-order valence-electron chi connectivity index (χ0n) is 47.8. The fourth-order valence-electron chi connectivity index (χ4n) is 10.6. The zero-order chi connectivity index (χ0) is 66.0. The van der Waals surface area contributed by atoms with Crippen LogP contribution in [0.3, 0.4) is 0 Å². The van der Waals surface area contributed by atoms with E-state index in [1.165, 1.54) is 0 Å². The Labute approximate surface area is 513 Å². The molecular weight excluding hydrogens is 1280 g/mol. The smallest absolute Gasteiger partial charge is 0.394 e. The molecular formula is C47H87N3O36P2S. The molecule has 1 amide bonds. The van der Waals surface area contributed by atoms with Gasteiger partial charge in [-0.15, -0.1) is 0 Å². The maximum atomic E-state index is 13.1. The van der Waals surface area contributed by atoms with Crippen LogP contribution in [0.1, 0.15) is 39.0 Å². The SMILES string of the molecule is CC(=O)NC1C(O)[C@@H](O)C(CO)O[C@H]1O[C@@H]1C(CO[C@H]2OC(CO)(CO)CC(O)C2O[C@H]2OC(COP(=O)(O)OCCN)[C@@H](O)C(O)C2O)O[C@H](O[C@@H]2C(CO)O[C@H](O[C@@H]3C(O)C(O)[C@@H](O)C(O)C3OP(=O)(O)OCCCCCCS)C(N)C2O)C(O)C1O. The fraction of sp³-hybridized carbons (Fsp3) is 0.979. The Bertz CT molecular complexity index is 2250. The Balaban J connectivity index is 1.28. The average molecular weight is 1360 g/mol. The van der Waals surface area contributed by atoms with Gasteiger partial charge < -0.3 is 161 Å². The van der Waals surface area contributed by atoms with E-state index in [0.717, 1.165) is 13.3 Å². The summed E-state index contributed by atoms with van der Waals surface area (Å²) in [5, 5.41) is 189. The molecule has 522 valence electrons. The van der Waals surface area contributed by atoms with E-state index in [9.17, 15) is 111 Å². The van der Waals surface area contributed by atoms with E-state index in [4.69, 9.17) is 72.4 Å². The zero-order valence-corrected chi connectivity index (χ0v) is 50.5. The molecule has 5 heterocycles. The highest BCUT2D eigenvalue weighted by Gasteiger charge is 2.59. The molecule has 0 aromatic carbocycles. The number of carbonyl (C=O) groups is 1. The number of ether oxygens (including phenoxy) is 10. The number of amides is 1. The third kappa shape index (κ3) is 19.1. The highest BCUT2D eigenvalue weighted by molar-refractivity contribution is 7.80. The maximum absolute atomic E-state index is 13.1. The highest BCUT2D eigenvalue weighted by Crippen LogP contribution is 2.48. The summed E-state index contributed by atoms with van der Waals surface area (Å²) >= 11 is 4.12. The average Bonchev–Trinajstić information content (AvgIpc) is 0.921. The summed E-state index contributed by atoms with van der Waals surface area (Å²) in [6.45, 7) is -6.22. The topological polar surface area (TPSA) is 629 Å². The second kappa shape index (κ2) is 34.2. The number of phosphoric ester groups is 2. The molecule has 0 radical (unpaired) electrons. The molecule has 6 rings (SSSR count). The third-order valence-electron chi connectivity index (χ3n) is 15.6. The van der Waals surface area contributed by atoms with E-state index >= 15 is 0 Å². The Morgan fingerprint density at radius 2 is 1.04 bits per heavy atom. The minimum atomic E-state index is -5.17. The molecule has 42 heteroatoms. The van der Waals surface area contributed by atoms with E-state index < -0.39 is 258 Å². The van der Waals surface area contributed by atoms with Crippen LogP contribution in [0.25, 0.3) is 0 Å². The van der Waals surface area contributed by atoms with Crippen molar-refractivity contribution in [1.29, 1.82) is 0 Å². The first-order valence-corrected chi connectivity index (χ1v) is 32.0. The van der Waals surface area contributed by atoms with Crippen LogP contribution in [0, 0.1) is 0 Å². The van der Waals surface area contributed by atoms with Crippen molar-refractivity contribution in [2.24, 2.45) is 11.5 Å². The lowest BCUT2D eigenvalue weighted by molar-refractivity contribution is -0.387. The molecule has 24 N–H and O–H groups in total. The van der Waals surface area contributed by atoms with Crippen LogP contribution >= 0.6 is 28.3 Å². The van der Waals surface area contributed by atoms with Gasteiger partial charge in [0.15, 0.2) is 31.5 Å². The number of nitrogens with two attached hydrogens (primary N) is 2. The second-order valence-corrected chi connectivity index (χ2v) is 25.4. The predicted molar refractivity (Wildman–Crippen MR) is 288 cm³/mol. The number of rotatable bonds is 31. The molecule has 0 spiro atoms. The quantitative estimate of drug-likeness (QED) is 0.0174. The molecule has 89 heavy (non-hydrogen) atoms. The molecule has 0 aromatic heterocycles. The van der Waals surface area contributed by atoms with Gasteiger partial charge in [-0.1, -0.05) is 12.8 Å². The van der Waals surface area contributed by atoms with Crippen LogP contribution in [0.2, 0.25) is 0 Å². The van der Waals surface area contributed by atoms with Gasteiger partial charge in [-0.2, -0.15) is 12.6 Å². The molecule has 39 nitrogen and oxygen atoms in total. The monoisotopic (exact) mass is 1360 g/mol. The van der Waals surface area contributed by atoms with Crippen LogP contribution in [-0.2, 0) is 79.4 Å². The Hall–Kier alpha value is -1.12. The van der Waals surface area contributed by atoms with Crippen molar-refractivity contribution >= 4 is 34.2 Å². The largest absolute Gasteiger partial charge is 0.472 e. The molecule has 5 saturated heterocycles. The summed E-state index contributed by atoms with van der Waals surface area (Å²) in [6, 6.07) is -3.63. The number of carbonyl (C=O) groups excluding carboxylic acids is 1. The highest BCUT2D eigenvalue weighted by atomic mass is 32.1. The standard InChI is InChI=1S/C47H87N3O36P2S/c1-17(55)50-24-28(60)25(57)19(11-51)77-43(24)82-39-22(13-73-46-37(18(56)10-47(15-53,16-54)85-46)81-44-35(67)29(61)26(58)21(79-44)14-76-87(69,70)75-8-6-48)80-45(36(68)34(39)66)83-38-20(12-52)78-42(23(49)27(38)59)84-40-32(64)30(62)31(63)33(65)41(40)86-88(71,72)74-7-4-2-3-5-9-89/h18-46,51-54,56-68,89H,2-16,48-49H2,1H3,(H,50,55)(H,69,70)(H,71,72)/t18?,19?,20?,21?,22?,23?,24?,25-,26+,27?,28?,29?,30?,31+,32?,33?,34?,35?,36?,37?,38+,39+,40+,41?,42+,43-,44+,45+,46-/m0/s1. The van der Waals surface area contributed by atoms with E-state index in [-0.39, 0.29) is 19.6 Å². The fourth-order valence-corrected chi connectivity index (χ4v) is 12.5. The van der Waals surface area contributed by atoms with E-state index in [0.29, 0.717) is 18.6 Å². The van der Waals surface area contributed by atoms with Gasteiger partial charge in [-0.3, -0.25) is 22.9 Å². The Morgan fingerprint density at radius 3 is 1.65 bits per heavy atom. The summed E-state index contributed by atoms with van der Waals surface area (Å²) in [7, 11) is -10.0. The van der Waals surface area contributed by atoms with Gasteiger partial charge in [0.05, 0.1) is 65.0 Å². The summed E-state index contributed by atoms with van der Waals surface area (Å²) in [6.07, 6.45) is -54.4. The van der Waals surface area contributed by atoms with Gasteiger partial charge in [0, 0.05) is 19.9 Å². The first-order valence-electron chi connectivity index (χ1n) is 28.4. The molecule has 1 aliphatic carbocycles. The molecule has 31 atom stereocenters. The van der Waals surface area contributed by atoms with E-state index in [2.05, 4.69) is 22.5 Å². The molecule has 1 saturated carbocycles. The van der Waals surface area contributed by atoms with Crippen LogP contribution in [0.4, 0.5) is 0 Å². The van der Waals surface area contributed by atoms with E-state index in [1.54, 1.807) is 0 Å². The van der Waals surface area contributed by atoms with Crippen molar-refractivity contribution < 1.29 is 176 Å². The lowest BCUT2D eigenvalue weighted by Crippen LogP contribution is -2.70. The minimum absolute atomic E-state index is 0.206. The van der Waals surface area contributed by atoms with Crippen molar-refractivity contribution in [3.8, 4) is 0 Å². The van der Waals surface area contributed by atoms with Crippen LogP contribution in [0.5, 0.6) is 0 Å². The number of unbranched alkanes of at least 4 members (excludes halogenated alkanes) is 3. The Morgan fingerprint density at radius 1 is 0.539 bits per heavy atom. The number of thiol groups is 1. The van der Waals surface area contributed by atoms with Crippen molar-refractivity contribution in [2.45, 2.75) is 222 Å². The van der Waals surface area contributed by atoms with Crippen molar-refractivity contribution in [3.05, 3.63) is 0 Å². The van der Waals surface area contributed by atoms with Crippen molar-refractivity contribution in [3.63, 3.8) is 0 Å². The van der Waals surface area contributed by atoms with Gasteiger partial charge in [-0.25, -0.2) is 9.13 Å². The lowest BCUT2D eigenvalue weighted by atomic mass is 9.84. The molecule has 0 bridgehead atoms. The molecule has 6 aliphatic rings. The van der Waals surface area contributed by atoms with Crippen LogP contribution in [0.15, 0.2) is 0 Å². The summed E-state index contributed by atoms with van der Waals surface area (Å²) in [5.41, 5.74) is 9.60. The molecule has 0 aromatic rings. The molecule has 5 aliphatic heterocycles. The minimum Gasteiger partial charge on any atom is -0.394 e. The number of phosphoric acid groups is 2. The van der Waals surface area contributed by atoms with Gasteiger partial charge in [0.25, 0.3) is 0 Å². The number of aliphatic hydroxyl groups excluding tert-OH is 17. The number of nitrogens with one attached hydrogen (secondary N) is 1. The van der Waals surface area contributed by atoms with Crippen molar-refractivity contribution in [1.82, 2.24) is 5.32 Å². The summed E-state index contributed by atoms with van der Waals surface area (Å²) in [4.78, 5) is 33.1. The first-order chi connectivity index (χ1) is 41.9. The second-order valence-electron chi connectivity index (χ2n) is 22.1. The molecule has 20 unspecified atom stereocenters. The summed E-state index contributed by atoms with van der Waals surface area (Å²) in [5.74, 6) is -0.235. The van der Waals surface area contributed by atoms with Gasteiger partial charge in [0.2, 0.25) is 5.91 Å². The summed E-state index contributed by atoms with van der Waals surface area (Å²) < 4.78 is 104. The van der Waals surface area contributed by atoms with Gasteiger partial charge in [0.1, 0.15) is 140 Å². The number of aliphatic hydroxyl groups is 17. The number of hydrogen-bond donors (Lipinski definition) is 23. The third-order valence-corrected chi connectivity index (χ3v) is 17.9. The van der Waals surface area contributed by atoms with Gasteiger partial charge >= 0.3 is 15.6 Å². The normalized spacial score (nSPS) is 44.3. The van der Waals surface area contributed by atoms with Crippen LogP contribution in [-0.4, -0.2) is 351 Å². The predicted octanol–water partition coefficient (Wildman–Crippen LogP) is -11.5. The maximum Gasteiger partial charge on any atom is 0.472 e. The Kier molecular flexibility index (Phi) is 29.5. The van der Waals surface area contributed by atoms with Crippen molar-refractivity contribution in [2.75, 3.05) is 65.2 Å². The van der Waals surface area contributed by atoms with Gasteiger partial charge in [-0.05, 0) is 18.6 Å². The number of hydrogen-bond acceptors (Lipinski definition) is 37. The molecule has 6 fully saturated rings. The van der Waals surface area contributed by atoms with E-state index in [1.807, 2.05) is 0 Å². The lowest BCUT2D eigenvalue weighted by Gasteiger charge is -2.50. The first kappa shape index (κ1) is 76.9. The van der Waals surface area contributed by atoms with Crippen LogP contribution < -0.4 is 16.8 Å².